The Labute approximate surface area is 180 Å². The van der Waals surface area contributed by atoms with Crippen LogP contribution in [0.2, 0.25) is 10.0 Å². The second-order valence-electron chi connectivity index (χ2n) is 6.74. The molecule has 0 aliphatic carbocycles. The van der Waals surface area contributed by atoms with Crippen LogP contribution in [0.15, 0.2) is 59.0 Å². The molecule has 3 heterocycles. The molecule has 0 unspecified atom stereocenters. The minimum Gasteiger partial charge on any atom is -0.464 e. The number of benzene rings is 2. The Morgan fingerprint density at radius 3 is 2.83 bits per heavy atom. The van der Waals surface area contributed by atoms with Crippen molar-refractivity contribution in [3.05, 3.63) is 90.1 Å². The summed E-state index contributed by atoms with van der Waals surface area (Å²) < 4.78 is 6.23. The number of nitro benzene ring substituents is 1. The fraction of sp³-hybridized carbons (Fsp3) is 0.150. The van der Waals surface area contributed by atoms with Gasteiger partial charge in [0.05, 0.1) is 21.6 Å². The van der Waals surface area contributed by atoms with Crippen LogP contribution in [0.1, 0.15) is 34.7 Å². The van der Waals surface area contributed by atoms with E-state index in [0.717, 1.165) is 16.2 Å². The lowest BCUT2D eigenvalue weighted by atomic mass is 9.97. The number of hydrazone groups is 1. The van der Waals surface area contributed by atoms with Crippen molar-refractivity contribution >= 4 is 45.9 Å². The van der Waals surface area contributed by atoms with Crippen molar-refractivity contribution in [2.24, 2.45) is 5.10 Å². The maximum absolute atomic E-state index is 11.4. The second-order valence-corrected chi connectivity index (χ2v) is 8.54. The molecule has 3 aromatic rings. The summed E-state index contributed by atoms with van der Waals surface area (Å²) in [6.45, 7) is 0. The Morgan fingerprint density at radius 2 is 2.07 bits per heavy atom. The van der Waals surface area contributed by atoms with Crippen molar-refractivity contribution in [2.75, 3.05) is 0 Å². The Balaban J connectivity index is 1.63. The van der Waals surface area contributed by atoms with Gasteiger partial charge in [0.25, 0.3) is 5.69 Å². The first kappa shape index (κ1) is 18.4. The summed E-state index contributed by atoms with van der Waals surface area (Å²) in [6, 6.07) is 14.1. The van der Waals surface area contributed by atoms with Gasteiger partial charge >= 0.3 is 0 Å². The molecule has 2 atom stereocenters. The fourth-order valence-electron chi connectivity index (χ4n) is 3.69. The number of rotatable bonds is 3. The minimum atomic E-state index is -0.609. The van der Waals surface area contributed by atoms with Gasteiger partial charge in [-0.15, -0.1) is 11.3 Å². The summed E-state index contributed by atoms with van der Waals surface area (Å²) in [5.41, 5.74) is 2.36. The first-order valence-electron chi connectivity index (χ1n) is 8.81. The third-order valence-electron chi connectivity index (χ3n) is 5.01. The molecule has 5 rings (SSSR count). The van der Waals surface area contributed by atoms with Gasteiger partial charge in [-0.3, -0.25) is 10.1 Å². The molecule has 0 amide bonds. The molecule has 0 bridgehead atoms. The average Bonchev–Trinajstić information content (AvgIpc) is 3.37. The van der Waals surface area contributed by atoms with Crippen LogP contribution in [0.4, 0.5) is 5.69 Å². The molecule has 2 aromatic carbocycles. The van der Waals surface area contributed by atoms with Crippen molar-refractivity contribution in [1.29, 1.82) is 0 Å². The van der Waals surface area contributed by atoms with Crippen LogP contribution in [0.3, 0.4) is 0 Å². The Bertz CT molecular complexity index is 1150. The number of hydrogen-bond donors (Lipinski definition) is 0. The van der Waals surface area contributed by atoms with Gasteiger partial charge in [-0.2, -0.15) is 5.10 Å². The molecule has 0 saturated heterocycles. The molecular formula is C20H13Cl2N3O3S. The van der Waals surface area contributed by atoms with Crippen molar-refractivity contribution in [2.45, 2.75) is 18.7 Å². The lowest BCUT2D eigenvalue weighted by molar-refractivity contribution is -0.384. The van der Waals surface area contributed by atoms with Crippen molar-refractivity contribution in [3.63, 3.8) is 0 Å². The fourth-order valence-corrected chi connectivity index (χ4v) is 4.78. The van der Waals surface area contributed by atoms with E-state index >= 15 is 0 Å². The zero-order valence-electron chi connectivity index (χ0n) is 14.8. The molecule has 1 aromatic heterocycles. The number of nitro groups is 1. The first-order valence-corrected chi connectivity index (χ1v) is 10.4. The lowest BCUT2D eigenvalue weighted by Gasteiger charge is -2.38. The van der Waals surface area contributed by atoms with E-state index in [4.69, 9.17) is 33.0 Å². The molecule has 0 N–H and O–H groups in total. The molecule has 2 aliphatic heterocycles. The van der Waals surface area contributed by atoms with Crippen LogP contribution >= 0.6 is 34.5 Å². The average molecular weight is 446 g/mol. The van der Waals surface area contributed by atoms with Crippen molar-refractivity contribution in [1.82, 2.24) is 5.01 Å². The normalized spacial score (nSPS) is 19.9. The minimum absolute atomic E-state index is 0.0747. The molecule has 2 aliphatic rings. The Kier molecular flexibility index (Phi) is 4.46. The number of ether oxygens (including phenoxy) is 1. The van der Waals surface area contributed by atoms with Crippen LogP contribution in [-0.2, 0) is 0 Å². The van der Waals surface area contributed by atoms with Crippen LogP contribution in [0.25, 0.3) is 0 Å². The predicted octanol–water partition coefficient (Wildman–Crippen LogP) is 6.21. The maximum atomic E-state index is 11.4. The summed E-state index contributed by atoms with van der Waals surface area (Å²) in [5.74, 6) is 0.695. The number of nitrogens with zero attached hydrogens (tertiary/aromatic N) is 3. The largest absolute Gasteiger partial charge is 0.464 e. The number of hydrogen-bond acceptors (Lipinski definition) is 6. The molecular weight excluding hydrogens is 433 g/mol. The Hall–Kier alpha value is -2.61. The van der Waals surface area contributed by atoms with Crippen molar-refractivity contribution in [3.8, 4) is 5.75 Å². The standard InChI is InChI=1S/C20H13Cl2N3O3S/c21-12-4-6-18-13(9-12)16-10-15(19-2-1-7-29-19)23-24(16)20(28-18)11-3-5-14(22)17(8-11)25(26)27/h1-9,16,20H,10H2/t16-,20+/m0/s1. The van der Waals surface area contributed by atoms with Crippen molar-refractivity contribution < 1.29 is 9.66 Å². The van der Waals surface area contributed by atoms with Gasteiger partial charge < -0.3 is 4.74 Å². The number of fused-ring (bicyclic) bond motifs is 3. The van der Waals surface area contributed by atoms with Gasteiger partial charge in [0, 0.05) is 28.6 Å². The summed E-state index contributed by atoms with van der Waals surface area (Å²) in [6.07, 6.45) is 0.0887. The molecule has 0 radical (unpaired) electrons. The van der Waals surface area contributed by atoms with E-state index in [1.165, 1.54) is 12.1 Å². The summed E-state index contributed by atoms with van der Waals surface area (Å²) in [7, 11) is 0. The van der Waals surface area contributed by atoms with Crippen LogP contribution in [-0.4, -0.2) is 15.6 Å². The smallest absolute Gasteiger partial charge is 0.288 e. The number of halogens is 2. The lowest BCUT2D eigenvalue weighted by Crippen LogP contribution is -2.33. The highest BCUT2D eigenvalue weighted by atomic mass is 35.5. The third kappa shape index (κ3) is 3.15. The third-order valence-corrected chi connectivity index (χ3v) is 6.48. The van der Waals surface area contributed by atoms with E-state index in [0.29, 0.717) is 22.8 Å². The van der Waals surface area contributed by atoms with E-state index in [1.54, 1.807) is 23.5 Å². The number of thiophene rings is 1. The monoisotopic (exact) mass is 445 g/mol. The quantitative estimate of drug-likeness (QED) is 0.355. The van der Waals surface area contributed by atoms with Crippen LogP contribution in [0, 0.1) is 10.1 Å². The molecule has 0 fully saturated rings. The highest BCUT2D eigenvalue weighted by Crippen LogP contribution is 2.49. The molecule has 9 heteroatoms. The van der Waals surface area contributed by atoms with Gasteiger partial charge in [-0.25, -0.2) is 5.01 Å². The zero-order chi connectivity index (χ0) is 20.1. The molecule has 6 nitrogen and oxygen atoms in total. The highest BCUT2D eigenvalue weighted by Gasteiger charge is 2.41. The van der Waals surface area contributed by atoms with Gasteiger partial charge in [0.2, 0.25) is 6.23 Å². The summed E-state index contributed by atoms with van der Waals surface area (Å²) in [5, 5.41) is 20.8. The van der Waals surface area contributed by atoms with Gasteiger partial charge in [-0.05, 0) is 35.7 Å². The van der Waals surface area contributed by atoms with E-state index in [1.807, 2.05) is 34.7 Å². The molecule has 146 valence electrons. The van der Waals surface area contributed by atoms with E-state index in [9.17, 15) is 10.1 Å². The van der Waals surface area contributed by atoms with E-state index in [2.05, 4.69) is 0 Å². The van der Waals surface area contributed by atoms with Gasteiger partial charge in [0.15, 0.2) is 0 Å². The Morgan fingerprint density at radius 1 is 1.21 bits per heavy atom. The maximum Gasteiger partial charge on any atom is 0.288 e. The molecule has 0 spiro atoms. The SMILES string of the molecule is O=[N+]([O-])c1cc([C@H]2Oc3ccc(Cl)cc3[C@@H]3CC(c4cccs4)=NN23)ccc1Cl. The molecule has 0 saturated carbocycles. The first-order chi connectivity index (χ1) is 14.0. The van der Waals surface area contributed by atoms with Crippen LogP contribution in [0.5, 0.6) is 5.75 Å². The summed E-state index contributed by atoms with van der Waals surface area (Å²) >= 11 is 13.8. The van der Waals surface area contributed by atoms with E-state index in [-0.39, 0.29) is 16.8 Å². The van der Waals surface area contributed by atoms with Gasteiger partial charge in [0.1, 0.15) is 10.8 Å². The topological polar surface area (TPSA) is 68.0 Å². The summed E-state index contributed by atoms with van der Waals surface area (Å²) in [4.78, 5) is 11.9. The predicted molar refractivity (Wildman–Crippen MR) is 113 cm³/mol. The second kappa shape index (κ2) is 7.02. The zero-order valence-corrected chi connectivity index (χ0v) is 17.1. The highest BCUT2D eigenvalue weighted by molar-refractivity contribution is 7.12. The van der Waals surface area contributed by atoms with Gasteiger partial charge in [-0.1, -0.05) is 35.3 Å². The molecule has 29 heavy (non-hydrogen) atoms. The van der Waals surface area contributed by atoms with Crippen LogP contribution < -0.4 is 4.74 Å². The van der Waals surface area contributed by atoms with E-state index < -0.39 is 11.2 Å².